The summed E-state index contributed by atoms with van der Waals surface area (Å²) in [6.45, 7) is 3.11. The molecule has 138 valence electrons. The van der Waals surface area contributed by atoms with Crippen LogP contribution < -0.4 is 5.32 Å². The van der Waals surface area contributed by atoms with Crippen molar-refractivity contribution in [2.45, 2.75) is 19.8 Å². The summed E-state index contributed by atoms with van der Waals surface area (Å²) in [5, 5.41) is 10.7. The molecular formula is C21H22N4O2. The number of rotatable bonds is 3. The number of aryl methyl sites for hydroxylation is 1. The van der Waals surface area contributed by atoms with Crippen molar-refractivity contribution < 1.29 is 9.59 Å². The summed E-state index contributed by atoms with van der Waals surface area (Å²) in [5.41, 5.74) is 3.40. The summed E-state index contributed by atoms with van der Waals surface area (Å²) < 4.78 is 0. The van der Waals surface area contributed by atoms with Crippen LogP contribution in [0.4, 0.5) is 5.69 Å². The average Bonchev–Trinajstić information content (AvgIpc) is 3.18. The molecular weight excluding hydrogens is 340 g/mol. The van der Waals surface area contributed by atoms with Gasteiger partial charge in [0.2, 0.25) is 5.91 Å². The van der Waals surface area contributed by atoms with Crippen LogP contribution >= 0.6 is 0 Å². The van der Waals surface area contributed by atoms with Crippen LogP contribution in [-0.4, -0.2) is 40.0 Å². The maximum Gasteiger partial charge on any atom is 0.254 e. The van der Waals surface area contributed by atoms with Crippen molar-refractivity contribution in [2.75, 3.05) is 18.4 Å². The lowest BCUT2D eigenvalue weighted by Crippen LogP contribution is -2.43. The number of anilines is 1. The van der Waals surface area contributed by atoms with Crippen LogP contribution in [0.1, 0.15) is 28.8 Å². The number of benzene rings is 2. The van der Waals surface area contributed by atoms with Crippen molar-refractivity contribution in [1.29, 1.82) is 0 Å². The van der Waals surface area contributed by atoms with Crippen molar-refractivity contribution in [3.63, 3.8) is 0 Å². The lowest BCUT2D eigenvalue weighted by Gasteiger charge is -2.32. The maximum atomic E-state index is 13.0. The van der Waals surface area contributed by atoms with Crippen molar-refractivity contribution in [3.8, 4) is 0 Å². The number of carbonyl (C=O) groups is 2. The summed E-state index contributed by atoms with van der Waals surface area (Å²) in [4.78, 5) is 27.5. The Morgan fingerprint density at radius 3 is 2.81 bits per heavy atom. The Labute approximate surface area is 157 Å². The Balaban J connectivity index is 1.47. The van der Waals surface area contributed by atoms with E-state index in [2.05, 4.69) is 15.5 Å². The highest BCUT2D eigenvalue weighted by Gasteiger charge is 2.29. The molecule has 4 rings (SSSR count). The third kappa shape index (κ3) is 3.56. The minimum Gasteiger partial charge on any atom is -0.338 e. The first-order chi connectivity index (χ1) is 13.1. The zero-order valence-electron chi connectivity index (χ0n) is 15.2. The molecule has 2 N–H and O–H groups in total. The van der Waals surface area contributed by atoms with Gasteiger partial charge >= 0.3 is 0 Å². The molecule has 1 atom stereocenters. The third-order valence-electron chi connectivity index (χ3n) is 5.11. The SMILES string of the molecule is Cc1ccc(NC(=O)C2CCCN(C(=O)c3cccc4[nH]ncc34)C2)cc1. The van der Waals surface area contributed by atoms with Crippen molar-refractivity contribution >= 4 is 28.4 Å². The molecule has 3 aromatic rings. The first-order valence-corrected chi connectivity index (χ1v) is 9.21. The third-order valence-corrected chi connectivity index (χ3v) is 5.11. The van der Waals surface area contributed by atoms with Gasteiger partial charge in [-0.05, 0) is 44.0 Å². The Morgan fingerprint density at radius 2 is 2.00 bits per heavy atom. The van der Waals surface area contributed by atoms with Gasteiger partial charge in [0.05, 0.1) is 23.2 Å². The summed E-state index contributed by atoms with van der Waals surface area (Å²) >= 11 is 0. The lowest BCUT2D eigenvalue weighted by molar-refractivity contribution is -0.121. The summed E-state index contributed by atoms with van der Waals surface area (Å²) in [7, 11) is 0. The number of H-pyrrole nitrogens is 1. The van der Waals surface area contributed by atoms with Crippen LogP contribution in [0.3, 0.4) is 0 Å². The van der Waals surface area contributed by atoms with Crippen molar-refractivity contribution in [2.24, 2.45) is 5.92 Å². The van der Waals surface area contributed by atoms with E-state index in [0.717, 1.165) is 35.0 Å². The number of amides is 2. The van der Waals surface area contributed by atoms with E-state index in [1.54, 1.807) is 11.1 Å². The number of nitrogens with zero attached hydrogens (tertiary/aromatic N) is 2. The minimum atomic E-state index is -0.201. The van der Waals surface area contributed by atoms with Gasteiger partial charge in [-0.3, -0.25) is 14.7 Å². The number of carbonyl (C=O) groups excluding carboxylic acids is 2. The van der Waals surface area contributed by atoms with Gasteiger partial charge < -0.3 is 10.2 Å². The zero-order chi connectivity index (χ0) is 18.8. The van der Waals surface area contributed by atoms with Gasteiger partial charge in [0.1, 0.15) is 0 Å². The van der Waals surface area contributed by atoms with E-state index in [1.807, 2.05) is 49.4 Å². The normalized spacial score (nSPS) is 17.1. The maximum absolute atomic E-state index is 13.0. The van der Waals surface area contributed by atoms with Crippen molar-refractivity contribution in [3.05, 3.63) is 59.8 Å². The number of nitrogens with one attached hydrogen (secondary N) is 2. The molecule has 2 aromatic carbocycles. The Morgan fingerprint density at radius 1 is 1.19 bits per heavy atom. The highest BCUT2D eigenvalue weighted by atomic mass is 16.2. The van der Waals surface area contributed by atoms with Gasteiger partial charge in [0.25, 0.3) is 5.91 Å². The summed E-state index contributed by atoms with van der Waals surface area (Å²) in [5.74, 6) is -0.278. The number of fused-ring (bicyclic) bond motifs is 1. The molecule has 1 aliphatic heterocycles. The van der Waals surface area contributed by atoms with E-state index in [1.165, 1.54) is 0 Å². The molecule has 1 aliphatic rings. The number of piperidine rings is 1. The molecule has 0 spiro atoms. The van der Waals surface area contributed by atoms with Crippen LogP contribution in [0, 0.1) is 12.8 Å². The molecule has 0 aliphatic carbocycles. The first-order valence-electron chi connectivity index (χ1n) is 9.21. The number of hydrogen-bond donors (Lipinski definition) is 2. The van der Waals surface area contributed by atoms with Gasteiger partial charge in [0, 0.05) is 24.2 Å². The predicted molar refractivity (Wildman–Crippen MR) is 105 cm³/mol. The van der Waals surface area contributed by atoms with E-state index < -0.39 is 0 Å². The smallest absolute Gasteiger partial charge is 0.254 e. The number of likely N-dealkylation sites (tertiary alicyclic amines) is 1. The van der Waals surface area contributed by atoms with Crippen molar-refractivity contribution in [1.82, 2.24) is 15.1 Å². The molecule has 1 saturated heterocycles. The number of aromatic nitrogens is 2. The standard InChI is InChI=1S/C21H22N4O2/c1-14-7-9-16(10-8-14)23-20(26)15-4-3-11-25(13-15)21(27)17-5-2-6-19-18(17)12-22-24-19/h2,5-10,12,15H,3-4,11,13H2,1H3,(H,22,24)(H,23,26). The molecule has 0 bridgehead atoms. The fourth-order valence-electron chi connectivity index (χ4n) is 3.58. The molecule has 1 unspecified atom stereocenters. The van der Waals surface area contributed by atoms with E-state index >= 15 is 0 Å². The first kappa shape index (κ1) is 17.3. The Hall–Kier alpha value is -3.15. The van der Waals surface area contributed by atoms with Gasteiger partial charge in [-0.25, -0.2) is 0 Å². The molecule has 27 heavy (non-hydrogen) atoms. The lowest BCUT2D eigenvalue weighted by atomic mass is 9.96. The fraction of sp³-hybridized carbons (Fsp3) is 0.286. The van der Waals surface area contributed by atoms with E-state index in [0.29, 0.717) is 18.7 Å². The second-order valence-corrected chi connectivity index (χ2v) is 7.08. The molecule has 1 fully saturated rings. The molecule has 2 heterocycles. The quantitative estimate of drug-likeness (QED) is 0.750. The monoisotopic (exact) mass is 362 g/mol. The molecule has 1 aromatic heterocycles. The van der Waals surface area contributed by atoms with E-state index in [-0.39, 0.29) is 17.7 Å². The van der Waals surface area contributed by atoms with Crippen LogP contribution in [0.15, 0.2) is 48.7 Å². The van der Waals surface area contributed by atoms with E-state index in [9.17, 15) is 9.59 Å². The topological polar surface area (TPSA) is 78.1 Å². The van der Waals surface area contributed by atoms with E-state index in [4.69, 9.17) is 0 Å². The molecule has 6 nitrogen and oxygen atoms in total. The van der Waals surface area contributed by atoms with Gasteiger partial charge in [-0.1, -0.05) is 23.8 Å². The van der Waals surface area contributed by atoms with Gasteiger partial charge in [0.15, 0.2) is 0 Å². The fourth-order valence-corrected chi connectivity index (χ4v) is 3.58. The summed E-state index contributed by atoms with van der Waals surface area (Å²) in [6.07, 6.45) is 3.28. The molecule has 0 saturated carbocycles. The number of aromatic amines is 1. The predicted octanol–water partition coefficient (Wildman–Crippen LogP) is 3.36. The summed E-state index contributed by atoms with van der Waals surface area (Å²) in [6, 6.07) is 13.3. The second kappa shape index (κ2) is 7.23. The highest BCUT2D eigenvalue weighted by molar-refractivity contribution is 6.06. The highest BCUT2D eigenvalue weighted by Crippen LogP contribution is 2.23. The largest absolute Gasteiger partial charge is 0.338 e. The minimum absolute atomic E-state index is 0.0297. The van der Waals surface area contributed by atoms with Crippen LogP contribution in [0.5, 0.6) is 0 Å². The van der Waals surface area contributed by atoms with Crippen LogP contribution in [0.25, 0.3) is 10.9 Å². The number of hydrogen-bond acceptors (Lipinski definition) is 3. The van der Waals surface area contributed by atoms with Gasteiger partial charge in [-0.2, -0.15) is 5.10 Å². The van der Waals surface area contributed by atoms with Crippen LogP contribution in [-0.2, 0) is 4.79 Å². The molecule has 0 radical (unpaired) electrons. The second-order valence-electron chi connectivity index (χ2n) is 7.08. The Bertz CT molecular complexity index is 977. The molecule has 6 heteroatoms. The van der Waals surface area contributed by atoms with Gasteiger partial charge in [-0.15, -0.1) is 0 Å². The molecule has 2 amide bonds. The zero-order valence-corrected chi connectivity index (χ0v) is 15.2. The average molecular weight is 362 g/mol. The Kier molecular flexibility index (Phi) is 4.62. The van der Waals surface area contributed by atoms with Crippen LogP contribution in [0.2, 0.25) is 0 Å².